The number of nitrogens with two attached hydrogens (primary N) is 1. The second-order valence-electron chi connectivity index (χ2n) is 4.25. The molecule has 0 amide bonds. The monoisotopic (exact) mass is 299 g/mol. The van der Waals surface area contributed by atoms with E-state index < -0.39 is 45.9 Å². The van der Waals surface area contributed by atoms with Crippen LogP contribution in [0.25, 0.3) is 0 Å². The van der Waals surface area contributed by atoms with Crippen molar-refractivity contribution in [3.8, 4) is 0 Å². The molecule has 21 heavy (non-hydrogen) atoms. The maximum absolute atomic E-state index is 11.4. The fourth-order valence-corrected chi connectivity index (χ4v) is 1.40. The Kier molecular flexibility index (Phi) is 5.27. The Labute approximate surface area is 118 Å². The van der Waals surface area contributed by atoms with Crippen molar-refractivity contribution in [1.82, 2.24) is 0 Å². The van der Waals surface area contributed by atoms with E-state index in [-0.39, 0.29) is 5.56 Å². The predicted molar refractivity (Wildman–Crippen MR) is 69.2 cm³/mol. The fourth-order valence-electron chi connectivity index (χ4n) is 1.40. The van der Waals surface area contributed by atoms with E-state index in [4.69, 9.17) is 15.6 Å². The van der Waals surface area contributed by atoms with Gasteiger partial charge in [0.1, 0.15) is 12.6 Å². The van der Waals surface area contributed by atoms with Gasteiger partial charge in [-0.3, -0.25) is 25.0 Å². The van der Waals surface area contributed by atoms with Crippen molar-refractivity contribution in [3.63, 3.8) is 0 Å². The number of nitro benzene ring substituents is 2. The Hall–Kier alpha value is -2.59. The fraction of sp³-hybridized carbons (Fsp3) is 0.364. The molecule has 1 aromatic carbocycles. The SMILES string of the molecule is C[C@@H](O)[C@@H](N)C(=O)OCc1cc([N+](=O)[O-])cc([N+](=O)[O-])c1. The molecule has 0 aliphatic heterocycles. The van der Waals surface area contributed by atoms with Gasteiger partial charge in [0.05, 0.1) is 22.0 Å². The van der Waals surface area contributed by atoms with Crippen LogP contribution in [0.3, 0.4) is 0 Å². The maximum atomic E-state index is 11.4. The summed E-state index contributed by atoms with van der Waals surface area (Å²) in [4.78, 5) is 31.2. The summed E-state index contributed by atoms with van der Waals surface area (Å²) in [5.41, 5.74) is 4.43. The number of nitro groups is 2. The van der Waals surface area contributed by atoms with Crippen molar-refractivity contribution in [3.05, 3.63) is 44.0 Å². The number of benzene rings is 1. The van der Waals surface area contributed by atoms with E-state index >= 15 is 0 Å². The molecule has 2 atom stereocenters. The molecule has 0 spiro atoms. The lowest BCUT2D eigenvalue weighted by Crippen LogP contribution is -2.41. The Morgan fingerprint density at radius 3 is 2.14 bits per heavy atom. The lowest BCUT2D eigenvalue weighted by molar-refractivity contribution is -0.394. The van der Waals surface area contributed by atoms with Crippen LogP contribution in [-0.4, -0.2) is 33.1 Å². The van der Waals surface area contributed by atoms with Crippen LogP contribution in [0.2, 0.25) is 0 Å². The normalized spacial score (nSPS) is 13.3. The van der Waals surface area contributed by atoms with Gasteiger partial charge in [0, 0.05) is 17.7 Å². The number of carbonyl (C=O) groups excluding carboxylic acids is 1. The minimum absolute atomic E-state index is 0.0713. The zero-order valence-electron chi connectivity index (χ0n) is 11.0. The van der Waals surface area contributed by atoms with Crippen molar-refractivity contribution in [2.45, 2.75) is 25.7 Å². The number of hydrogen-bond acceptors (Lipinski definition) is 8. The molecule has 0 saturated carbocycles. The van der Waals surface area contributed by atoms with Crippen LogP contribution in [0.1, 0.15) is 12.5 Å². The number of carbonyl (C=O) groups is 1. The lowest BCUT2D eigenvalue weighted by atomic mass is 10.2. The zero-order valence-corrected chi connectivity index (χ0v) is 11.0. The average Bonchev–Trinajstić information content (AvgIpc) is 2.43. The Balaban J connectivity index is 2.90. The quantitative estimate of drug-likeness (QED) is 0.429. The van der Waals surface area contributed by atoms with Gasteiger partial charge < -0.3 is 15.6 Å². The van der Waals surface area contributed by atoms with Crippen LogP contribution >= 0.6 is 0 Å². The highest BCUT2D eigenvalue weighted by molar-refractivity contribution is 5.76. The van der Waals surface area contributed by atoms with Gasteiger partial charge in [0.15, 0.2) is 0 Å². The standard InChI is InChI=1S/C11H13N3O7/c1-6(15)10(12)11(16)21-5-7-2-8(13(17)18)4-9(3-7)14(19)20/h2-4,6,10,15H,5,12H2,1H3/t6-,10-/m1/s1. The summed E-state index contributed by atoms with van der Waals surface area (Å²) in [6.45, 7) is 0.867. The first-order valence-electron chi connectivity index (χ1n) is 5.75. The van der Waals surface area contributed by atoms with Crippen LogP contribution in [-0.2, 0) is 16.1 Å². The number of aliphatic hydroxyl groups is 1. The summed E-state index contributed by atoms with van der Waals surface area (Å²) >= 11 is 0. The van der Waals surface area contributed by atoms with E-state index in [1.165, 1.54) is 6.92 Å². The topological polar surface area (TPSA) is 159 Å². The minimum atomic E-state index is -1.27. The molecular weight excluding hydrogens is 286 g/mol. The summed E-state index contributed by atoms with van der Waals surface area (Å²) in [5, 5.41) is 30.5. The highest BCUT2D eigenvalue weighted by Gasteiger charge is 2.21. The van der Waals surface area contributed by atoms with Crippen LogP contribution in [0.4, 0.5) is 11.4 Å². The highest BCUT2D eigenvalue weighted by Crippen LogP contribution is 2.23. The number of rotatable bonds is 6. The van der Waals surface area contributed by atoms with E-state index in [0.29, 0.717) is 0 Å². The van der Waals surface area contributed by atoms with Crippen LogP contribution in [0.15, 0.2) is 18.2 Å². The molecule has 0 aliphatic carbocycles. The molecule has 0 aromatic heterocycles. The van der Waals surface area contributed by atoms with Crippen LogP contribution in [0, 0.1) is 20.2 Å². The van der Waals surface area contributed by atoms with Crippen molar-refractivity contribution in [1.29, 1.82) is 0 Å². The van der Waals surface area contributed by atoms with Gasteiger partial charge in [-0.2, -0.15) is 0 Å². The Morgan fingerprint density at radius 1 is 1.29 bits per heavy atom. The Bertz CT molecular complexity index is 541. The Morgan fingerprint density at radius 2 is 1.76 bits per heavy atom. The molecule has 1 aromatic rings. The van der Waals surface area contributed by atoms with Crippen molar-refractivity contribution in [2.75, 3.05) is 0 Å². The summed E-state index contributed by atoms with van der Waals surface area (Å²) in [6, 6.07) is 1.63. The third-order valence-electron chi connectivity index (χ3n) is 2.56. The second kappa shape index (κ2) is 6.72. The van der Waals surface area contributed by atoms with E-state index in [1.54, 1.807) is 0 Å². The molecule has 0 radical (unpaired) electrons. The van der Waals surface area contributed by atoms with Gasteiger partial charge in [-0.05, 0) is 6.92 Å². The smallest absolute Gasteiger partial charge is 0.325 e. The van der Waals surface area contributed by atoms with Crippen LogP contribution < -0.4 is 5.73 Å². The molecule has 1 rings (SSSR count). The van der Waals surface area contributed by atoms with Gasteiger partial charge in [0.25, 0.3) is 11.4 Å². The lowest BCUT2D eigenvalue weighted by Gasteiger charge is -2.13. The summed E-state index contributed by atoms with van der Waals surface area (Å²) < 4.78 is 4.75. The number of nitrogens with zero attached hydrogens (tertiary/aromatic N) is 2. The van der Waals surface area contributed by atoms with Crippen molar-refractivity contribution >= 4 is 17.3 Å². The molecule has 3 N–H and O–H groups in total. The van der Waals surface area contributed by atoms with Gasteiger partial charge in [0.2, 0.25) is 0 Å². The average molecular weight is 299 g/mol. The predicted octanol–water partition coefficient (Wildman–Crippen LogP) is 0.254. The summed E-state index contributed by atoms with van der Waals surface area (Å²) in [7, 11) is 0. The molecule has 0 aliphatic rings. The summed E-state index contributed by atoms with van der Waals surface area (Å²) in [5.74, 6) is -0.917. The summed E-state index contributed by atoms with van der Waals surface area (Å²) in [6.07, 6.45) is -1.13. The van der Waals surface area contributed by atoms with Gasteiger partial charge in [-0.25, -0.2) is 0 Å². The maximum Gasteiger partial charge on any atom is 0.325 e. The molecule has 0 bridgehead atoms. The van der Waals surface area contributed by atoms with E-state index in [2.05, 4.69) is 0 Å². The number of esters is 1. The molecule has 0 fully saturated rings. The van der Waals surface area contributed by atoms with Crippen molar-refractivity contribution in [2.24, 2.45) is 5.73 Å². The van der Waals surface area contributed by atoms with E-state index in [0.717, 1.165) is 18.2 Å². The molecule has 114 valence electrons. The van der Waals surface area contributed by atoms with Gasteiger partial charge in [-0.15, -0.1) is 0 Å². The number of ether oxygens (including phenoxy) is 1. The van der Waals surface area contributed by atoms with E-state index in [1.807, 2.05) is 0 Å². The number of aliphatic hydroxyl groups excluding tert-OH is 1. The molecular formula is C11H13N3O7. The van der Waals surface area contributed by atoms with Gasteiger partial charge >= 0.3 is 5.97 Å². The number of hydrogen-bond donors (Lipinski definition) is 2. The third-order valence-corrected chi connectivity index (χ3v) is 2.56. The highest BCUT2D eigenvalue weighted by atomic mass is 16.6. The second-order valence-corrected chi connectivity index (χ2v) is 4.25. The first-order valence-corrected chi connectivity index (χ1v) is 5.75. The molecule has 10 nitrogen and oxygen atoms in total. The van der Waals surface area contributed by atoms with Crippen molar-refractivity contribution < 1.29 is 24.5 Å². The minimum Gasteiger partial charge on any atom is -0.460 e. The first-order chi connectivity index (χ1) is 9.72. The molecule has 0 saturated heterocycles. The van der Waals surface area contributed by atoms with Gasteiger partial charge in [-0.1, -0.05) is 0 Å². The third kappa shape index (κ3) is 4.47. The number of non-ortho nitro benzene ring substituents is 2. The zero-order chi connectivity index (χ0) is 16.2. The van der Waals surface area contributed by atoms with Crippen LogP contribution in [0.5, 0.6) is 0 Å². The molecule has 0 unspecified atom stereocenters. The molecule has 0 heterocycles. The first kappa shape index (κ1) is 16.5. The largest absolute Gasteiger partial charge is 0.460 e. The molecule has 10 heteroatoms. The van der Waals surface area contributed by atoms with E-state index in [9.17, 15) is 25.0 Å².